The van der Waals surface area contributed by atoms with E-state index in [1.165, 1.54) is 133 Å². The zero-order valence-electron chi connectivity index (χ0n) is 24.0. The predicted molar refractivity (Wildman–Crippen MR) is 152 cm³/mol. The van der Waals surface area contributed by atoms with E-state index in [9.17, 15) is 9.59 Å². The molecule has 1 aliphatic heterocycles. The maximum absolute atomic E-state index is 12.9. The van der Waals surface area contributed by atoms with Crippen LogP contribution in [0.2, 0.25) is 0 Å². The SMILES string of the molecule is CCCCCCCCCCCCCCCCCC(C)NCN1C(=O)NC(C2CCCCCCC2)C1=O. The number of imide groups is 1. The van der Waals surface area contributed by atoms with E-state index in [-0.39, 0.29) is 18.0 Å². The number of amides is 3. The van der Waals surface area contributed by atoms with Gasteiger partial charge in [0, 0.05) is 6.04 Å². The minimum Gasteiger partial charge on any atom is -0.325 e. The maximum atomic E-state index is 12.9. The first-order valence-electron chi connectivity index (χ1n) is 16.0. The van der Waals surface area contributed by atoms with Crippen molar-refractivity contribution in [1.29, 1.82) is 0 Å². The number of urea groups is 1. The van der Waals surface area contributed by atoms with Gasteiger partial charge in [-0.1, -0.05) is 135 Å². The molecule has 2 aliphatic rings. The molecule has 0 bridgehead atoms. The van der Waals surface area contributed by atoms with Crippen LogP contribution in [0.1, 0.15) is 162 Å². The van der Waals surface area contributed by atoms with Gasteiger partial charge in [-0.25, -0.2) is 9.69 Å². The third-order valence-electron chi connectivity index (χ3n) is 8.52. The van der Waals surface area contributed by atoms with Crippen molar-refractivity contribution < 1.29 is 9.59 Å². The van der Waals surface area contributed by atoms with Crippen LogP contribution >= 0.6 is 0 Å². The fourth-order valence-corrected chi connectivity index (χ4v) is 6.00. The highest BCUT2D eigenvalue weighted by molar-refractivity contribution is 6.04. The molecule has 36 heavy (non-hydrogen) atoms. The van der Waals surface area contributed by atoms with Gasteiger partial charge in [-0.15, -0.1) is 0 Å². The van der Waals surface area contributed by atoms with Crippen LogP contribution in [-0.2, 0) is 4.79 Å². The second-order valence-electron chi connectivity index (χ2n) is 11.8. The number of carbonyl (C=O) groups is 2. The lowest BCUT2D eigenvalue weighted by Crippen LogP contribution is -2.43. The maximum Gasteiger partial charge on any atom is 0.325 e. The Morgan fingerprint density at radius 3 is 1.75 bits per heavy atom. The molecule has 5 nitrogen and oxygen atoms in total. The van der Waals surface area contributed by atoms with Crippen molar-refractivity contribution in [3.8, 4) is 0 Å². The minimum atomic E-state index is -0.303. The Bertz CT molecular complexity index is 574. The van der Waals surface area contributed by atoms with E-state index in [4.69, 9.17) is 0 Å². The number of nitrogens with one attached hydrogen (secondary N) is 2. The summed E-state index contributed by atoms with van der Waals surface area (Å²) in [5, 5.41) is 6.42. The standard InChI is InChI=1S/C31H59N3O2/c1-3-4-5-6-7-8-9-10-11-12-13-14-15-17-20-23-27(2)32-26-34-30(35)29(33-31(34)36)28-24-21-18-16-19-22-25-28/h27-29,32H,3-26H2,1-2H3,(H,33,36). The van der Waals surface area contributed by atoms with Crippen molar-refractivity contribution in [3.05, 3.63) is 0 Å². The summed E-state index contributed by atoms with van der Waals surface area (Å²) >= 11 is 0. The molecule has 1 saturated heterocycles. The summed E-state index contributed by atoms with van der Waals surface area (Å²) in [5.74, 6) is 0.293. The summed E-state index contributed by atoms with van der Waals surface area (Å²) in [6, 6.07) is -0.185. The zero-order chi connectivity index (χ0) is 25.8. The summed E-state index contributed by atoms with van der Waals surface area (Å²) in [7, 11) is 0. The van der Waals surface area contributed by atoms with E-state index in [2.05, 4.69) is 24.5 Å². The average Bonchev–Trinajstić information content (AvgIpc) is 3.13. The summed E-state index contributed by atoms with van der Waals surface area (Å²) in [6.45, 7) is 4.80. The van der Waals surface area contributed by atoms with Gasteiger partial charge in [0.15, 0.2) is 0 Å². The molecule has 2 fully saturated rings. The van der Waals surface area contributed by atoms with Crippen LogP contribution in [0.4, 0.5) is 4.79 Å². The molecule has 5 heteroatoms. The topological polar surface area (TPSA) is 61.4 Å². The lowest BCUT2D eigenvalue weighted by atomic mass is 9.86. The molecule has 2 unspecified atom stereocenters. The molecule has 3 amide bonds. The summed E-state index contributed by atoms with van der Waals surface area (Å²) in [6.07, 6.45) is 30.2. The molecule has 2 rings (SSSR count). The Morgan fingerprint density at radius 2 is 1.22 bits per heavy atom. The molecule has 1 saturated carbocycles. The molecule has 0 radical (unpaired) electrons. The van der Waals surface area contributed by atoms with Crippen LogP contribution in [-0.4, -0.2) is 35.6 Å². The van der Waals surface area contributed by atoms with Gasteiger partial charge in [-0.3, -0.25) is 10.1 Å². The van der Waals surface area contributed by atoms with E-state index in [0.29, 0.717) is 18.6 Å². The molecule has 0 aromatic carbocycles. The Morgan fingerprint density at radius 1 is 0.750 bits per heavy atom. The van der Waals surface area contributed by atoms with Gasteiger partial charge >= 0.3 is 6.03 Å². The number of carbonyl (C=O) groups excluding carboxylic acids is 2. The van der Waals surface area contributed by atoms with E-state index in [1.807, 2.05) is 0 Å². The highest BCUT2D eigenvalue weighted by atomic mass is 16.2. The van der Waals surface area contributed by atoms with E-state index in [0.717, 1.165) is 19.3 Å². The lowest BCUT2D eigenvalue weighted by Gasteiger charge is -2.24. The fourth-order valence-electron chi connectivity index (χ4n) is 6.00. The number of rotatable bonds is 20. The molecule has 0 aromatic rings. The quantitative estimate of drug-likeness (QED) is 0.129. The van der Waals surface area contributed by atoms with Gasteiger partial charge in [0.2, 0.25) is 0 Å². The van der Waals surface area contributed by atoms with Crippen LogP contribution in [0.5, 0.6) is 0 Å². The number of hydrogen-bond acceptors (Lipinski definition) is 3. The Kier molecular flexibility index (Phi) is 17.2. The first kappa shape index (κ1) is 31.1. The molecule has 0 spiro atoms. The van der Waals surface area contributed by atoms with Gasteiger partial charge in [0.1, 0.15) is 6.04 Å². The molecular formula is C31H59N3O2. The van der Waals surface area contributed by atoms with Gasteiger partial charge in [-0.05, 0) is 32.1 Å². The predicted octanol–water partition coefficient (Wildman–Crippen LogP) is 8.46. The number of unbranched alkanes of at least 4 members (excludes halogenated alkanes) is 14. The molecule has 2 atom stereocenters. The first-order chi connectivity index (χ1) is 17.6. The molecule has 2 N–H and O–H groups in total. The third kappa shape index (κ3) is 12.9. The van der Waals surface area contributed by atoms with Crippen LogP contribution < -0.4 is 10.6 Å². The summed E-state index contributed by atoms with van der Waals surface area (Å²) < 4.78 is 0. The van der Waals surface area contributed by atoms with Crippen molar-refractivity contribution in [2.24, 2.45) is 5.92 Å². The monoisotopic (exact) mass is 505 g/mol. The lowest BCUT2D eigenvalue weighted by molar-refractivity contribution is -0.129. The van der Waals surface area contributed by atoms with E-state index in [1.54, 1.807) is 0 Å². The molecule has 210 valence electrons. The average molecular weight is 506 g/mol. The highest BCUT2D eigenvalue weighted by Crippen LogP contribution is 2.28. The molecule has 1 heterocycles. The van der Waals surface area contributed by atoms with Crippen LogP contribution in [0.3, 0.4) is 0 Å². The van der Waals surface area contributed by atoms with Crippen molar-refractivity contribution in [2.45, 2.75) is 174 Å². The fraction of sp³-hybridized carbons (Fsp3) is 0.935. The van der Waals surface area contributed by atoms with Crippen LogP contribution in [0, 0.1) is 5.92 Å². The van der Waals surface area contributed by atoms with Gasteiger partial charge in [0.05, 0.1) is 6.67 Å². The van der Waals surface area contributed by atoms with Crippen molar-refractivity contribution in [2.75, 3.05) is 6.67 Å². The van der Waals surface area contributed by atoms with Gasteiger partial charge in [0.25, 0.3) is 5.91 Å². The summed E-state index contributed by atoms with van der Waals surface area (Å²) in [5.41, 5.74) is 0. The first-order valence-corrected chi connectivity index (χ1v) is 16.0. The zero-order valence-corrected chi connectivity index (χ0v) is 24.0. The Hall–Kier alpha value is -1.10. The van der Waals surface area contributed by atoms with Crippen LogP contribution in [0.25, 0.3) is 0 Å². The minimum absolute atomic E-state index is 0.0164. The van der Waals surface area contributed by atoms with Crippen molar-refractivity contribution in [1.82, 2.24) is 15.5 Å². The Balaban J connectivity index is 1.43. The largest absolute Gasteiger partial charge is 0.325 e. The molecule has 1 aliphatic carbocycles. The highest BCUT2D eigenvalue weighted by Gasteiger charge is 2.41. The van der Waals surface area contributed by atoms with E-state index < -0.39 is 0 Å². The second kappa shape index (κ2) is 19.9. The number of nitrogens with zero attached hydrogens (tertiary/aromatic N) is 1. The molecule has 0 aromatic heterocycles. The van der Waals surface area contributed by atoms with Crippen molar-refractivity contribution >= 4 is 11.9 Å². The smallest absolute Gasteiger partial charge is 0.325 e. The number of hydrogen-bond donors (Lipinski definition) is 2. The normalized spacial score (nSPS) is 20.4. The third-order valence-corrected chi connectivity index (χ3v) is 8.52. The molecular weight excluding hydrogens is 446 g/mol. The second-order valence-corrected chi connectivity index (χ2v) is 11.8. The van der Waals surface area contributed by atoms with Gasteiger partial charge in [-0.2, -0.15) is 0 Å². The van der Waals surface area contributed by atoms with E-state index >= 15 is 0 Å². The summed E-state index contributed by atoms with van der Waals surface area (Å²) in [4.78, 5) is 26.8. The van der Waals surface area contributed by atoms with Crippen molar-refractivity contribution in [3.63, 3.8) is 0 Å². The van der Waals surface area contributed by atoms with Crippen LogP contribution in [0.15, 0.2) is 0 Å². The Labute approximate surface area is 223 Å². The van der Waals surface area contributed by atoms with Gasteiger partial charge < -0.3 is 5.32 Å².